The summed E-state index contributed by atoms with van der Waals surface area (Å²) in [6, 6.07) is 5.48. The number of fused-ring (bicyclic) bond motifs is 1. The average Bonchev–Trinajstić information content (AvgIpc) is 3.27. The fourth-order valence-electron chi connectivity index (χ4n) is 5.03. The Kier molecular flexibility index (Phi) is 9.29. The van der Waals surface area contributed by atoms with Crippen molar-refractivity contribution in [3.8, 4) is 0 Å². The highest BCUT2D eigenvalue weighted by Crippen LogP contribution is 2.48. The number of aromatic nitrogens is 1. The fourth-order valence-corrected chi connectivity index (χ4v) is 5.03. The molecule has 5 atom stereocenters. The molecule has 0 aromatic carbocycles. The highest BCUT2D eigenvalue weighted by molar-refractivity contribution is 5.89. The summed E-state index contributed by atoms with van der Waals surface area (Å²) in [4.78, 5) is 16.2. The summed E-state index contributed by atoms with van der Waals surface area (Å²) in [5, 5.41) is 23.5. The third-order valence-electron chi connectivity index (χ3n) is 6.69. The van der Waals surface area contributed by atoms with Gasteiger partial charge >= 0.3 is 0 Å². The fraction of sp³-hybridized carbons (Fsp3) is 0.615. The van der Waals surface area contributed by atoms with Crippen molar-refractivity contribution in [2.45, 2.75) is 83.3 Å². The Morgan fingerprint density at radius 2 is 2.16 bits per heavy atom. The van der Waals surface area contributed by atoms with Gasteiger partial charge in [0, 0.05) is 18.5 Å². The van der Waals surface area contributed by atoms with Gasteiger partial charge in [-0.15, -0.1) is 0 Å². The van der Waals surface area contributed by atoms with Gasteiger partial charge in [0.1, 0.15) is 5.82 Å². The molecule has 0 saturated heterocycles. The van der Waals surface area contributed by atoms with Crippen LogP contribution in [-0.2, 0) is 4.79 Å². The monoisotopic (exact) mass is 426 g/mol. The van der Waals surface area contributed by atoms with E-state index in [0.717, 1.165) is 57.8 Å². The van der Waals surface area contributed by atoms with Crippen LogP contribution in [0.5, 0.6) is 0 Å². The number of unbranched alkanes of at least 4 members (excludes halogenated alkanes) is 3. The van der Waals surface area contributed by atoms with Crippen molar-refractivity contribution in [3.63, 3.8) is 0 Å². The lowest BCUT2D eigenvalue weighted by molar-refractivity contribution is -0.116. The van der Waals surface area contributed by atoms with E-state index in [-0.39, 0.29) is 17.9 Å². The minimum absolute atomic E-state index is 0.0155. The summed E-state index contributed by atoms with van der Waals surface area (Å²) in [5.74, 6) is 1.67. The number of anilines is 1. The Morgan fingerprint density at radius 1 is 1.29 bits per heavy atom. The lowest BCUT2D eigenvalue weighted by atomic mass is 9.88. The van der Waals surface area contributed by atoms with Crippen LogP contribution in [0.25, 0.3) is 0 Å². The summed E-state index contributed by atoms with van der Waals surface area (Å²) < 4.78 is 0. The first-order valence-electron chi connectivity index (χ1n) is 12.0. The second-order valence-electron chi connectivity index (χ2n) is 9.16. The van der Waals surface area contributed by atoms with Gasteiger partial charge < -0.3 is 15.5 Å². The van der Waals surface area contributed by atoms with Gasteiger partial charge in [-0.05, 0) is 62.5 Å². The van der Waals surface area contributed by atoms with Crippen LogP contribution in [0.2, 0.25) is 0 Å². The number of nitrogens with one attached hydrogen (secondary N) is 1. The van der Waals surface area contributed by atoms with Crippen molar-refractivity contribution < 1.29 is 15.0 Å². The molecule has 170 valence electrons. The van der Waals surface area contributed by atoms with E-state index in [4.69, 9.17) is 0 Å². The average molecular weight is 427 g/mol. The second-order valence-corrected chi connectivity index (χ2v) is 9.16. The summed E-state index contributed by atoms with van der Waals surface area (Å²) in [6.07, 6.45) is 16.7. The molecular weight excluding hydrogens is 388 g/mol. The van der Waals surface area contributed by atoms with Crippen LogP contribution in [0.15, 0.2) is 48.2 Å². The topological polar surface area (TPSA) is 82.5 Å². The zero-order valence-corrected chi connectivity index (χ0v) is 18.7. The van der Waals surface area contributed by atoms with Gasteiger partial charge in [0.25, 0.3) is 0 Å². The molecule has 5 heteroatoms. The highest BCUT2D eigenvalue weighted by Gasteiger charge is 2.43. The first-order chi connectivity index (χ1) is 15.1. The molecule has 3 N–H and O–H groups in total. The Morgan fingerprint density at radius 3 is 2.94 bits per heavy atom. The number of carbonyl (C=O) groups excluding carboxylic acids is 1. The van der Waals surface area contributed by atoms with E-state index in [1.165, 1.54) is 5.57 Å². The molecule has 3 rings (SSSR count). The van der Waals surface area contributed by atoms with Gasteiger partial charge in [-0.25, -0.2) is 4.98 Å². The van der Waals surface area contributed by atoms with Crippen molar-refractivity contribution in [2.24, 2.45) is 17.8 Å². The number of hydrogen-bond acceptors (Lipinski definition) is 4. The Bertz CT molecular complexity index is 746. The van der Waals surface area contributed by atoms with Gasteiger partial charge in [-0.2, -0.15) is 0 Å². The maximum atomic E-state index is 12.0. The number of aliphatic hydroxyl groups is 2. The second kappa shape index (κ2) is 12.2. The molecule has 1 saturated carbocycles. The molecule has 31 heavy (non-hydrogen) atoms. The molecule has 0 spiro atoms. The molecule has 1 aromatic heterocycles. The molecule has 2 aliphatic rings. The molecule has 1 fully saturated rings. The number of nitrogens with zero attached hydrogens (tertiary/aromatic N) is 1. The van der Waals surface area contributed by atoms with Crippen molar-refractivity contribution in [2.75, 3.05) is 5.32 Å². The molecule has 2 aliphatic carbocycles. The van der Waals surface area contributed by atoms with Crippen molar-refractivity contribution in [1.82, 2.24) is 4.98 Å². The van der Waals surface area contributed by atoms with Crippen LogP contribution >= 0.6 is 0 Å². The molecule has 1 amide bonds. The van der Waals surface area contributed by atoms with Crippen molar-refractivity contribution in [1.29, 1.82) is 0 Å². The first-order valence-corrected chi connectivity index (χ1v) is 12.0. The van der Waals surface area contributed by atoms with E-state index in [1.807, 2.05) is 18.2 Å². The van der Waals surface area contributed by atoms with Crippen molar-refractivity contribution in [3.05, 3.63) is 48.2 Å². The normalized spacial score (nSPS) is 26.1. The van der Waals surface area contributed by atoms with Gasteiger partial charge in [0.2, 0.25) is 5.91 Å². The van der Waals surface area contributed by atoms with Crippen LogP contribution in [0, 0.1) is 17.8 Å². The number of aliphatic hydroxyl groups excluding tert-OH is 2. The first kappa shape index (κ1) is 23.7. The highest BCUT2D eigenvalue weighted by atomic mass is 16.3. The van der Waals surface area contributed by atoms with Gasteiger partial charge in [-0.1, -0.05) is 56.1 Å². The van der Waals surface area contributed by atoms with Crippen molar-refractivity contribution >= 4 is 11.7 Å². The van der Waals surface area contributed by atoms with Gasteiger partial charge in [-0.3, -0.25) is 4.79 Å². The van der Waals surface area contributed by atoms with Gasteiger partial charge in [0.05, 0.1) is 12.2 Å². The van der Waals surface area contributed by atoms with Gasteiger partial charge in [0.15, 0.2) is 0 Å². The predicted octanol–water partition coefficient (Wildman–Crippen LogP) is 5.02. The zero-order valence-electron chi connectivity index (χ0n) is 18.7. The lowest BCUT2D eigenvalue weighted by Crippen LogP contribution is -2.18. The molecule has 0 aliphatic heterocycles. The number of rotatable bonds is 12. The van der Waals surface area contributed by atoms with E-state index >= 15 is 0 Å². The standard InChI is InChI=1S/C26H38N2O3/c1-2-3-4-10-21(29)13-14-22-23-17-19(16-20(23)18-24(22)30)9-5-6-12-26(31)28-25-11-7-8-15-27-25/h7-8,11,13-16,20-24,29-30H,2-6,9-10,12,17-18H2,1H3,(H,27,28,31)/t20-,21-,22+,23-,24+/m0/s1. The summed E-state index contributed by atoms with van der Waals surface area (Å²) in [6.45, 7) is 2.17. The summed E-state index contributed by atoms with van der Waals surface area (Å²) in [5.41, 5.74) is 1.47. The molecule has 1 heterocycles. The number of hydrogen-bond donors (Lipinski definition) is 3. The van der Waals surface area contributed by atoms with E-state index in [1.54, 1.807) is 12.3 Å². The smallest absolute Gasteiger partial charge is 0.225 e. The number of allylic oxidation sites excluding steroid dienone is 2. The van der Waals surface area contributed by atoms with Crippen LogP contribution < -0.4 is 5.32 Å². The molecular formula is C26H38N2O3. The number of pyridine rings is 1. The molecule has 1 aromatic rings. The number of carbonyl (C=O) groups is 1. The SMILES string of the molecule is CCCCC[C@H](O)C=C[C@@H]1[C@H]2CC(CCCCC(=O)Nc3ccccn3)=C[C@H]2C[C@H]1O. The molecule has 0 bridgehead atoms. The van der Waals surface area contributed by atoms with E-state index < -0.39 is 6.10 Å². The predicted molar refractivity (Wildman–Crippen MR) is 124 cm³/mol. The van der Waals surface area contributed by atoms with Crippen LogP contribution in [0.4, 0.5) is 5.82 Å². The Balaban J connectivity index is 1.37. The summed E-state index contributed by atoms with van der Waals surface area (Å²) >= 11 is 0. The minimum atomic E-state index is -0.399. The maximum absolute atomic E-state index is 12.0. The van der Waals surface area contributed by atoms with Crippen LogP contribution in [-0.4, -0.2) is 33.3 Å². The minimum Gasteiger partial charge on any atom is -0.392 e. The quantitative estimate of drug-likeness (QED) is 0.324. The van der Waals surface area contributed by atoms with E-state index in [0.29, 0.717) is 24.1 Å². The Labute approximate surface area is 186 Å². The third-order valence-corrected chi connectivity index (χ3v) is 6.69. The summed E-state index contributed by atoms with van der Waals surface area (Å²) in [7, 11) is 0. The number of amides is 1. The molecule has 5 nitrogen and oxygen atoms in total. The Hall–Kier alpha value is -1.98. The van der Waals surface area contributed by atoms with Crippen LogP contribution in [0.3, 0.4) is 0 Å². The van der Waals surface area contributed by atoms with E-state index in [2.05, 4.69) is 29.4 Å². The third kappa shape index (κ3) is 7.29. The van der Waals surface area contributed by atoms with Crippen LogP contribution in [0.1, 0.15) is 71.1 Å². The molecule has 0 radical (unpaired) electrons. The zero-order chi connectivity index (χ0) is 22.1. The molecule has 0 unspecified atom stereocenters. The lowest BCUT2D eigenvalue weighted by Gasteiger charge is -2.19. The van der Waals surface area contributed by atoms with E-state index in [9.17, 15) is 15.0 Å². The largest absolute Gasteiger partial charge is 0.392 e. The maximum Gasteiger partial charge on any atom is 0.225 e.